The van der Waals surface area contributed by atoms with Crippen LogP contribution >= 0.6 is 24.0 Å². The van der Waals surface area contributed by atoms with E-state index in [2.05, 4.69) is 10.3 Å². The summed E-state index contributed by atoms with van der Waals surface area (Å²) in [4.78, 5) is 4.22. The Morgan fingerprint density at radius 3 is 2.59 bits per heavy atom. The molecule has 2 aromatic carbocycles. The number of nitrogens with zero attached hydrogens (tertiary/aromatic N) is 1. The average molecular weight is 501 g/mol. The fraction of sp³-hybridized carbons (Fsp3) is 0.316. The van der Waals surface area contributed by atoms with E-state index in [1.807, 2.05) is 54.6 Å². The van der Waals surface area contributed by atoms with Gasteiger partial charge < -0.3 is 15.8 Å². The fourth-order valence-corrected chi connectivity index (χ4v) is 4.64. The highest BCUT2D eigenvalue weighted by Gasteiger charge is 2.28. The topological polar surface area (TPSA) is 93.8 Å². The number of hydrogen-bond acceptors (Lipinski definition) is 4. The first kappa shape index (κ1) is 21.5. The van der Waals surface area contributed by atoms with Crippen LogP contribution in [0.25, 0.3) is 0 Å². The lowest BCUT2D eigenvalue weighted by Crippen LogP contribution is -2.32. The van der Waals surface area contributed by atoms with E-state index in [9.17, 15) is 8.42 Å². The molecule has 0 saturated carbocycles. The predicted molar refractivity (Wildman–Crippen MR) is 120 cm³/mol. The van der Waals surface area contributed by atoms with Gasteiger partial charge in [-0.3, -0.25) is 4.99 Å². The molecule has 1 unspecified atom stereocenters. The Bertz CT molecular complexity index is 873. The molecule has 0 amide bonds. The van der Waals surface area contributed by atoms with Crippen molar-refractivity contribution in [2.75, 3.05) is 17.6 Å². The van der Waals surface area contributed by atoms with Gasteiger partial charge in [0.05, 0.1) is 17.5 Å². The molecule has 27 heavy (non-hydrogen) atoms. The summed E-state index contributed by atoms with van der Waals surface area (Å²) in [7, 11) is -3.04. The maximum Gasteiger partial charge on any atom is 0.193 e. The number of sulfone groups is 1. The van der Waals surface area contributed by atoms with Gasteiger partial charge in [0.1, 0.15) is 11.5 Å². The molecular formula is C19H24IN3O3S. The van der Waals surface area contributed by atoms with Crippen LogP contribution in [0.15, 0.2) is 59.6 Å². The van der Waals surface area contributed by atoms with Gasteiger partial charge in [-0.05, 0) is 37.1 Å². The third-order valence-electron chi connectivity index (χ3n) is 4.26. The van der Waals surface area contributed by atoms with Crippen molar-refractivity contribution in [2.45, 2.75) is 24.5 Å². The van der Waals surface area contributed by atoms with Gasteiger partial charge in [-0.25, -0.2) is 8.42 Å². The summed E-state index contributed by atoms with van der Waals surface area (Å²) in [6.07, 6.45) is 2.32. The van der Waals surface area contributed by atoms with E-state index in [0.717, 1.165) is 24.3 Å². The lowest BCUT2D eigenvalue weighted by Gasteiger charge is -2.20. The molecule has 1 fully saturated rings. The molecule has 146 valence electrons. The number of rotatable bonds is 5. The van der Waals surface area contributed by atoms with Gasteiger partial charge >= 0.3 is 0 Å². The number of guanidine groups is 1. The lowest BCUT2D eigenvalue weighted by molar-refractivity contribution is 0.483. The number of ether oxygens (including phenoxy) is 1. The zero-order chi connectivity index (χ0) is 18.4. The van der Waals surface area contributed by atoms with Crippen LogP contribution in [0.1, 0.15) is 19.3 Å². The first-order chi connectivity index (χ1) is 12.5. The molecule has 0 spiro atoms. The van der Waals surface area contributed by atoms with Gasteiger partial charge in [-0.15, -0.1) is 24.0 Å². The molecule has 3 N–H and O–H groups in total. The van der Waals surface area contributed by atoms with Crippen molar-refractivity contribution in [1.82, 2.24) is 0 Å². The SMILES string of the molecule is I.NC(=NCC1CCCCS1(=O)=O)Nc1cccc(Oc2ccccc2)c1. The summed E-state index contributed by atoms with van der Waals surface area (Å²) in [5, 5.41) is 2.56. The maximum atomic E-state index is 12.0. The fourth-order valence-electron chi connectivity index (χ4n) is 2.88. The van der Waals surface area contributed by atoms with Gasteiger partial charge in [-0.2, -0.15) is 0 Å². The zero-order valence-corrected chi connectivity index (χ0v) is 18.0. The van der Waals surface area contributed by atoms with Crippen LogP contribution in [0.3, 0.4) is 0 Å². The quantitative estimate of drug-likeness (QED) is 0.370. The number of benzene rings is 2. The van der Waals surface area contributed by atoms with Gasteiger partial charge in [0.25, 0.3) is 0 Å². The van der Waals surface area contributed by atoms with E-state index in [1.54, 1.807) is 0 Å². The molecule has 1 saturated heterocycles. The van der Waals surface area contributed by atoms with Gasteiger partial charge in [0.15, 0.2) is 15.8 Å². The number of aliphatic imine (C=N–C) groups is 1. The third-order valence-corrected chi connectivity index (χ3v) is 6.52. The monoisotopic (exact) mass is 501 g/mol. The molecule has 6 nitrogen and oxygen atoms in total. The Kier molecular flexibility index (Phi) is 7.91. The van der Waals surface area contributed by atoms with Gasteiger partial charge in [0.2, 0.25) is 0 Å². The van der Waals surface area contributed by atoms with E-state index >= 15 is 0 Å². The van der Waals surface area contributed by atoms with Crippen LogP contribution in [0.5, 0.6) is 11.5 Å². The zero-order valence-electron chi connectivity index (χ0n) is 14.9. The summed E-state index contributed by atoms with van der Waals surface area (Å²) in [5.74, 6) is 1.86. The van der Waals surface area contributed by atoms with Crippen molar-refractivity contribution in [3.8, 4) is 11.5 Å². The highest BCUT2D eigenvalue weighted by Crippen LogP contribution is 2.24. The summed E-state index contributed by atoms with van der Waals surface area (Å²) in [6.45, 7) is 0.196. The van der Waals surface area contributed by atoms with Crippen molar-refractivity contribution < 1.29 is 13.2 Å². The molecule has 1 aliphatic heterocycles. The number of para-hydroxylation sites is 1. The second-order valence-corrected chi connectivity index (χ2v) is 8.68. The molecule has 1 atom stereocenters. The third kappa shape index (κ3) is 6.39. The van der Waals surface area contributed by atoms with E-state index in [4.69, 9.17) is 10.5 Å². The Morgan fingerprint density at radius 2 is 1.85 bits per heavy atom. The summed E-state index contributed by atoms with van der Waals surface area (Å²) in [5.41, 5.74) is 6.65. The summed E-state index contributed by atoms with van der Waals surface area (Å²) in [6, 6.07) is 16.8. The molecule has 0 aromatic heterocycles. The summed E-state index contributed by atoms with van der Waals surface area (Å²) >= 11 is 0. The highest BCUT2D eigenvalue weighted by atomic mass is 127. The van der Waals surface area contributed by atoms with Crippen molar-refractivity contribution in [2.24, 2.45) is 10.7 Å². The van der Waals surface area contributed by atoms with E-state index in [0.29, 0.717) is 12.2 Å². The van der Waals surface area contributed by atoms with Crippen LogP contribution in [-0.4, -0.2) is 31.9 Å². The standard InChI is InChI=1S/C19H23N3O3S.HI/c20-19(21-14-18-11-4-5-12-26(18,23)24)22-15-7-6-10-17(13-15)25-16-8-2-1-3-9-16;/h1-3,6-10,13,18H,4-5,11-12,14H2,(H3,20,21,22);1H. The van der Waals surface area contributed by atoms with Crippen molar-refractivity contribution in [3.05, 3.63) is 54.6 Å². The minimum absolute atomic E-state index is 0. The van der Waals surface area contributed by atoms with Crippen LogP contribution < -0.4 is 15.8 Å². The predicted octanol–water partition coefficient (Wildman–Crippen LogP) is 3.79. The van der Waals surface area contributed by atoms with Crippen LogP contribution in [-0.2, 0) is 9.84 Å². The Morgan fingerprint density at radius 1 is 1.11 bits per heavy atom. The Balaban J connectivity index is 0.00000261. The number of halogens is 1. The first-order valence-electron chi connectivity index (χ1n) is 8.64. The number of anilines is 1. The van der Waals surface area contributed by atoms with Crippen molar-refractivity contribution in [3.63, 3.8) is 0 Å². The molecule has 0 bridgehead atoms. The average Bonchev–Trinajstić information content (AvgIpc) is 2.61. The first-order valence-corrected chi connectivity index (χ1v) is 10.4. The molecule has 1 aliphatic rings. The molecule has 1 heterocycles. The molecule has 3 rings (SSSR count). The summed E-state index contributed by atoms with van der Waals surface area (Å²) < 4.78 is 29.8. The lowest BCUT2D eigenvalue weighted by atomic mass is 10.2. The van der Waals surface area contributed by atoms with Gasteiger partial charge in [0, 0.05) is 11.8 Å². The molecule has 2 aromatic rings. The second kappa shape index (κ2) is 9.93. The van der Waals surface area contributed by atoms with Gasteiger partial charge in [-0.1, -0.05) is 30.7 Å². The highest BCUT2D eigenvalue weighted by molar-refractivity contribution is 14.0. The van der Waals surface area contributed by atoms with Crippen LogP contribution in [0, 0.1) is 0 Å². The number of nitrogens with two attached hydrogens (primary N) is 1. The Labute approximate surface area is 177 Å². The number of hydrogen-bond donors (Lipinski definition) is 2. The van der Waals surface area contributed by atoms with Crippen molar-refractivity contribution >= 4 is 45.5 Å². The van der Waals surface area contributed by atoms with E-state index in [-0.39, 0.29) is 42.2 Å². The largest absolute Gasteiger partial charge is 0.457 e. The molecule has 0 radical (unpaired) electrons. The maximum absolute atomic E-state index is 12.0. The smallest absolute Gasteiger partial charge is 0.193 e. The minimum atomic E-state index is -3.04. The second-order valence-electron chi connectivity index (χ2n) is 6.28. The Hall–Kier alpha value is -1.81. The normalized spacial score (nSPS) is 19.0. The number of nitrogens with one attached hydrogen (secondary N) is 1. The molecule has 8 heteroatoms. The molecule has 0 aliphatic carbocycles. The van der Waals surface area contributed by atoms with Crippen LogP contribution in [0.4, 0.5) is 5.69 Å². The van der Waals surface area contributed by atoms with Crippen LogP contribution in [0.2, 0.25) is 0 Å². The van der Waals surface area contributed by atoms with E-state index < -0.39 is 15.1 Å². The van der Waals surface area contributed by atoms with Crippen molar-refractivity contribution in [1.29, 1.82) is 0 Å². The minimum Gasteiger partial charge on any atom is -0.457 e. The molecular weight excluding hydrogens is 477 g/mol. The van der Waals surface area contributed by atoms with E-state index in [1.165, 1.54) is 0 Å².